The van der Waals surface area contributed by atoms with Crippen LogP contribution in [-0.4, -0.2) is 25.0 Å². The van der Waals surface area contributed by atoms with E-state index in [9.17, 15) is 14.4 Å². The molecule has 4 aromatic heterocycles. The molecule has 0 aliphatic carbocycles. The lowest BCUT2D eigenvalue weighted by atomic mass is 10.3. The zero-order valence-corrected chi connectivity index (χ0v) is 16.8. The highest BCUT2D eigenvalue weighted by atomic mass is 32.1. The Morgan fingerprint density at radius 1 is 1.21 bits per heavy atom. The molecule has 10 heteroatoms. The molecule has 28 heavy (non-hydrogen) atoms. The largest absolute Gasteiger partial charge is 0.332 e. The molecule has 1 N–H and O–H groups in total. The lowest BCUT2D eigenvalue weighted by Gasteiger charge is -2.08. The minimum absolute atomic E-state index is 0.252. The number of hydrogen-bond donors (Lipinski definition) is 1. The van der Waals surface area contributed by atoms with Crippen molar-refractivity contribution in [1.82, 2.24) is 19.1 Å². The van der Waals surface area contributed by atoms with Crippen molar-refractivity contribution >= 4 is 45.3 Å². The van der Waals surface area contributed by atoms with Gasteiger partial charge in [0.25, 0.3) is 11.5 Å². The molecule has 4 aromatic rings. The van der Waals surface area contributed by atoms with E-state index in [1.54, 1.807) is 25.3 Å². The lowest BCUT2D eigenvalue weighted by molar-refractivity contribution is 0.103. The first kappa shape index (κ1) is 18.3. The number of pyridine rings is 1. The number of carbonyl (C=O) groups excluding carboxylic acids is 1. The predicted molar refractivity (Wildman–Crippen MR) is 110 cm³/mol. The third-order valence-corrected chi connectivity index (χ3v) is 6.21. The van der Waals surface area contributed by atoms with Crippen molar-refractivity contribution in [3.8, 4) is 10.6 Å². The Balaban J connectivity index is 1.70. The van der Waals surface area contributed by atoms with E-state index < -0.39 is 11.2 Å². The zero-order valence-electron chi connectivity index (χ0n) is 15.2. The Kier molecular flexibility index (Phi) is 4.44. The summed E-state index contributed by atoms with van der Waals surface area (Å²) in [5, 5.41) is 7.74. The summed E-state index contributed by atoms with van der Waals surface area (Å²) in [5.74, 6) is -0.320. The molecule has 4 rings (SSSR count). The molecule has 0 aliphatic rings. The van der Waals surface area contributed by atoms with Crippen molar-refractivity contribution < 1.29 is 4.79 Å². The maximum Gasteiger partial charge on any atom is 0.332 e. The van der Waals surface area contributed by atoms with E-state index in [0.29, 0.717) is 16.3 Å². The number of nitrogens with one attached hydrogen (secondary N) is 1. The van der Waals surface area contributed by atoms with Gasteiger partial charge < -0.3 is 5.32 Å². The van der Waals surface area contributed by atoms with Gasteiger partial charge in [-0.25, -0.2) is 14.8 Å². The van der Waals surface area contributed by atoms with E-state index in [4.69, 9.17) is 0 Å². The van der Waals surface area contributed by atoms with E-state index in [1.807, 2.05) is 16.8 Å². The number of fused-ring (bicyclic) bond motifs is 1. The number of anilines is 1. The summed E-state index contributed by atoms with van der Waals surface area (Å²) in [7, 11) is 2.95. The number of rotatable bonds is 3. The van der Waals surface area contributed by atoms with Crippen LogP contribution in [0.1, 0.15) is 15.4 Å². The summed E-state index contributed by atoms with van der Waals surface area (Å²) in [5.41, 5.74) is 1.33. The summed E-state index contributed by atoms with van der Waals surface area (Å²) in [4.78, 5) is 46.3. The average Bonchev–Trinajstić information content (AvgIpc) is 3.34. The van der Waals surface area contributed by atoms with Gasteiger partial charge in [0.15, 0.2) is 0 Å². The minimum Gasteiger partial charge on any atom is -0.320 e. The molecule has 142 valence electrons. The average molecular weight is 413 g/mol. The predicted octanol–water partition coefficient (Wildman–Crippen LogP) is 2.38. The molecular weight excluding hydrogens is 398 g/mol. The smallest absolute Gasteiger partial charge is 0.320 e. The highest BCUT2D eigenvalue weighted by Gasteiger charge is 2.18. The Morgan fingerprint density at radius 3 is 2.71 bits per heavy atom. The van der Waals surface area contributed by atoms with Crippen LogP contribution in [0.2, 0.25) is 0 Å². The maximum absolute atomic E-state index is 12.7. The van der Waals surface area contributed by atoms with Crippen LogP contribution in [0.5, 0.6) is 0 Å². The number of thiazole rings is 1. The topological polar surface area (TPSA) is 98.9 Å². The van der Waals surface area contributed by atoms with E-state index in [2.05, 4.69) is 15.3 Å². The molecule has 0 unspecified atom stereocenters. The second-order valence-electron chi connectivity index (χ2n) is 6.20. The summed E-state index contributed by atoms with van der Waals surface area (Å²) in [6.07, 6.45) is 1.43. The number of hydrogen-bond acceptors (Lipinski definition) is 7. The van der Waals surface area contributed by atoms with Gasteiger partial charge >= 0.3 is 5.69 Å². The Morgan fingerprint density at radius 2 is 2.00 bits per heavy atom. The molecule has 0 aromatic carbocycles. The first-order chi connectivity index (χ1) is 13.4. The van der Waals surface area contributed by atoms with Crippen LogP contribution in [0.4, 0.5) is 5.69 Å². The van der Waals surface area contributed by atoms with Crippen LogP contribution >= 0.6 is 22.7 Å². The molecule has 0 atom stereocenters. The standard InChI is InChI=1S/C18H15N5O3S2/c1-9-13(28-16(20-9)10-4-5-27-8-10)15(24)21-11-6-12-14(19-7-11)22(2)18(26)23(3)17(12)25/h4-8H,1-3H3,(H,21,24). The van der Waals surface area contributed by atoms with E-state index >= 15 is 0 Å². The number of thiophene rings is 1. The van der Waals surface area contributed by atoms with Crippen molar-refractivity contribution in [2.75, 3.05) is 5.32 Å². The van der Waals surface area contributed by atoms with Crippen molar-refractivity contribution in [3.63, 3.8) is 0 Å². The second-order valence-corrected chi connectivity index (χ2v) is 7.98. The Hall–Kier alpha value is -3.11. The first-order valence-corrected chi connectivity index (χ1v) is 10.00. The molecule has 4 heterocycles. The number of aryl methyl sites for hydroxylation is 2. The monoisotopic (exact) mass is 413 g/mol. The van der Waals surface area contributed by atoms with Crippen LogP contribution in [0.15, 0.2) is 38.7 Å². The summed E-state index contributed by atoms with van der Waals surface area (Å²) in [6.45, 7) is 1.78. The molecule has 0 spiro atoms. The third-order valence-electron chi connectivity index (χ3n) is 4.32. The van der Waals surface area contributed by atoms with Gasteiger partial charge in [-0.1, -0.05) is 0 Å². The first-order valence-electron chi connectivity index (χ1n) is 8.24. The van der Waals surface area contributed by atoms with Crippen molar-refractivity contribution in [2.45, 2.75) is 6.92 Å². The fourth-order valence-corrected chi connectivity index (χ4v) is 4.51. The molecule has 8 nitrogen and oxygen atoms in total. The van der Waals surface area contributed by atoms with Gasteiger partial charge in [-0.05, 0) is 24.4 Å². The van der Waals surface area contributed by atoms with E-state index in [1.165, 1.54) is 35.2 Å². The van der Waals surface area contributed by atoms with Crippen LogP contribution in [0.25, 0.3) is 21.6 Å². The minimum atomic E-state index is -0.463. The number of amides is 1. The third kappa shape index (κ3) is 2.96. The molecule has 0 radical (unpaired) electrons. The van der Waals surface area contributed by atoms with Crippen molar-refractivity contribution in [1.29, 1.82) is 0 Å². The fraction of sp³-hybridized carbons (Fsp3) is 0.167. The lowest BCUT2D eigenvalue weighted by Crippen LogP contribution is -2.37. The summed E-state index contributed by atoms with van der Waals surface area (Å²) in [6, 6.07) is 3.48. The number of carbonyl (C=O) groups is 1. The molecule has 0 saturated heterocycles. The Bertz CT molecular complexity index is 1330. The SMILES string of the molecule is Cc1nc(-c2ccsc2)sc1C(=O)Nc1cnc2c(c1)c(=O)n(C)c(=O)n2C. The van der Waals surface area contributed by atoms with Crippen molar-refractivity contribution in [3.05, 3.63) is 60.5 Å². The highest BCUT2D eigenvalue weighted by Crippen LogP contribution is 2.30. The van der Waals surface area contributed by atoms with Gasteiger partial charge in [-0.3, -0.25) is 18.7 Å². The fourth-order valence-electron chi connectivity index (χ4n) is 2.84. The van der Waals surface area contributed by atoms with Crippen LogP contribution in [0, 0.1) is 6.92 Å². The maximum atomic E-state index is 12.7. The molecule has 0 saturated carbocycles. The van der Waals surface area contributed by atoms with Crippen LogP contribution < -0.4 is 16.6 Å². The zero-order chi connectivity index (χ0) is 20.0. The van der Waals surface area contributed by atoms with Gasteiger partial charge in [0.1, 0.15) is 15.5 Å². The van der Waals surface area contributed by atoms with Gasteiger partial charge in [0.05, 0.1) is 23.0 Å². The van der Waals surface area contributed by atoms with E-state index in [-0.39, 0.29) is 16.9 Å². The number of aromatic nitrogens is 4. The van der Waals surface area contributed by atoms with E-state index in [0.717, 1.165) is 15.1 Å². The quantitative estimate of drug-likeness (QED) is 0.556. The summed E-state index contributed by atoms with van der Waals surface area (Å²) >= 11 is 2.88. The molecule has 0 fully saturated rings. The second kappa shape index (κ2) is 6.80. The summed E-state index contributed by atoms with van der Waals surface area (Å²) < 4.78 is 2.30. The molecule has 1 amide bonds. The van der Waals surface area contributed by atoms with Gasteiger partial charge in [-0.15, -0.1) is 11.3 Å². The van der Waals surface area contributed by atoms with Crippen molar-refractivity contribution in [2.24, 2.45) is 14.1 Å². The van der Waals surface area contributed by atoms with Gasteiger partial charge in [0, 0.05) is 25.0 Å². The van der Waals surface area contributed by atoms with Gasteiger partial charge in [-0.2, -0.15) is 11.3 Å². The Labute approximate surface area is 166 Å². The molecule has 0 aliphatic heterocycles. The van der Waals surface area contributed by atoms with Crippen LogP contribution in [-0.2, 0) is 14.1 Å². The molecular formula is C18H15N5O3S2. The van der Waals surface area contributed by atoms with Crippen LogP contribution in [0.3, 0.4) is 0 Å². The molecule has 0 bridgehead atoms. The highest BCUT2D eigenvalue weighted by molar-refractivity contribution is 7.17. The number of nitrogens with zero attached hydrogens (tertiary/aromatic N) is 4. The van der Waals surface area contributed by atoms with Gasteiger partial charge in [0.2, 0.25) is 0 Å². The normalized spacial score (nSPS) is 11.1.